The van der Waals surface area contributed by atoms with Gasteiger partial charge in [-0.1, -0.05) is 23.7 Å². The Balaban J connectivity index is 3.00. The van der Waals surface area contributed by atoms with Crippen LogP contribution in [0.5, 0.6) is 0 Å². The maximum absolute atomic E-state index is 10.4. The topological polar surface area (TPSA) is 37.3 Å². The second-order valence-electron chi connectivity index (χ2n) is 2.59. The second kappa shape index (κ2) is 3.59. The van der Waals surface area contributed by atoms with Crippen molar-refractivity contribution in [3.8, 4) is 0 Å². The maximum Gasteiger partial charge on any atom is 0.307 e. The summed E-state index contributed by atoms with van der Waals surface area (Å²) >= 11 is 5.80. The molecule has 2 nitrogen and oxygen atoms in total. The fourth-order valence-electron chi connectivity index (χ4n) is 1.01. The lowest BCUT2D eigenvalue weighted by molar-refractivity contribution is -0.136. The number of halogens is 1. The van der Waals surface area contributed by atoms with E-state index in [1.807, 2.05) is 6.92 Å². The van der Waals surface area contributed by atoms with Crippen LogP contribution in [0.3, 0.4) is 0 Å². The third kappa shape index (κ3) is 1.98. The first-order valence-electron chi connectivity index (χ1n) is 3.57. The molecule has 0 spiro atoms. The highest BCUT2D eigenvalue weighted by Gasteiger charge is 2.05. The highest BCUT2D eigenvalue weighted by Crippen LogP contribution is 2.18. The van der Waals surface area contributed by atoms with Gasteiger partial charge in [0.2, 0.25) is 0 Å². The van der Waals surface area contributed by atoms with Gasteiger partial charge in [0.05, 0.1) is 6.42 Å². The maximum atomic E-state index is 10.4. The molecule has 0 aromatic heterocycles. The lowest BCUT2D eigenvalue weighted by atomic mass is 10.1. The van der Waals surface area contributed by atoms with E-state index in [1.165, 1.54) is 0 Å². The molecule has 1 aromatic rings. The van der Waals surface area contributed by atoms with Crippen molar-refractivity contribution in [2.75, 3.05) is 0 Å². The quantitative estimate of drug-likeness (QED) is 0.766. The SMILES string of the molecule is Cc1c(Cl)cccc1CC(=O)O. The van der Waals surface area contributed by atoms with E-state index in [-0.39, 0.29) is 6.42 Å². The van der Waals surface area contributed by atoms with Crippen molar-refractivity contribution in [2.45, 2.75) is 13.3 Å². The normalized spacial score (nSPS) is 9.83. The summed E-state index contributed by atoms with van der Waals surface area (Å²) in [6.07, 6.45) is 0.0341. The molecule has 0 heterocycles. The lowest BCUT2D eigenvalue weighted by Gasteiger charge is -2.03. The van der Waals surface area contributed by atoms with Gasteiger partial charge in [-0.25, -0.2) is 0 Å². The summed E-state index contributed by atoms with van der Waals surface area (Å²) in [4.78, 5) is 10.4. The van der Waals surface area contributed by atoms with E-state index < -0.39 is 5.97 Å². The number of carbonyl (C=O) groups is 1. The average Bonchev–Trinajstić information content (AvgIpc) is 1.98. The molecule has 1 N–H and O–H groups in total. The van der Waals surface area contributed by atoms with Crippen LogP contribution in [-0.2, 0) is 11.2 Å². The average molecular weight is 185 g/mol. The first-order chi connectivity index (χ1) is 5.61. The molecule has 0 aliphatic carbocycles. The van der Waals surface area contributed by atoms with Gasteiger partial charge < -0.3 is 5.11 Å². The first-order valence-corrected chi connectivity index (χ1v) is 3.95. The molecular weight excluding hydrogens is 176 g/mol. The summed E-state index contributed by atoms with van der Waals surface area (Å²) in [5.41, 5.74) is 1.62. The molecule has 12 heavy (non-hydrogen) atoms. The summed E-state index contributed by atoms with van der Waals surface area (Å²) in [6.45, 7) is 1.82. The summed E-state index contributed by atoms with van der Waals surface area (Å²) in [7, 11) is 0. The number of carboxylic acid groups (broad SMARTS) is 1. The molecule has 1 aromatic carbocycles. The molecule has 0 bridgehead atoms. The van der Waals surface area contributed by atoms with Gasteiger partial charge in [-0.2, -0.15) is 0 Å². The van der Waals surface area contributed by atoms with Crippen LogP contribution in [0.1, 0.15) is 11.1 Å². The smallest absolute Gasteiger partial charge is 0.307 e. The molecule has 1 rings (SSSR count). The number of carboxylic acids is 1. The van der Waals surface area contributed by atoms with E-state index in [0.29, 0.717) is 5.02 Å². The number of hydrogen-bond acceptors (Lipinski definition) is 1. The van der Waals surface area contributed by atoms with Gasteiger partial charge in [0.15, 0.2) is 0 Å². The van der Waals surface area contributed by atoms with E-state index in [1.54, 1.807) is 18.2 Å². The van der Waals surface area contributed by atoms with Crippen LogP contribution in [0.4, 0.5) is 0 Å². The summed E-state index contributed by atoms with van der Waals surface area (Å²) in [5, 5.41) is 9.16. The predicted molar refractivity (Wildman–Crippen MR) is 47.5 cm³/mol. The Morgan fingerprint density at radius 3 is 2.83 bits per heavy atom. The van der Waals surface area contributed by atoms with E-state index >= 15 is 0 Å². The van der Waals surface area contributed by atoms with E-state index in [9.17, 15) is 4.79 Å². The van der Waals surface area contributed by atoms with Gasteiger partial charge in [-0.15, -0.1) is 0 Å². The van der Waals surface area contributed by atoms with Crippen LogP contribution in [0.2, 0.25) is 5.02 Å². The molecule has 0 unspecified atom stereocenters. The van der Waals surface area contributed by atoms with Crippen molar-refractivity contribution in [2.24, 2.45) is 0 Å². The molecule has 0 aliphatic heterocycles. The monoisotopic (exact) mass is 184 g/mol. The molecule has 0 radical (unpaired) electrons. The Morgan fingerprint density at radius 2 is 2.25 bits per heavy atom. The van der Waals surface area contributed by atoms with Gasteiger partial charge in [-0.05, 0) is 24.1 Å². The van der Waals surface area contributed by atoms with Crippen molar-refractivity contribution in [3.05, 3.63) is 34.3 Å². The number of rotatable bonds is 2. The largest absolute Gasteiger partial charge is 0.481 e. The van der Waals surface area contributed by atoms with Crippen LogP contribution in [0.15, 0.2) is 18.2 Å². The lowest BCUT2D eigenvalue weighted by Crippen LogP contribution is -2.01. The van der Waals surface area contributed by atoms with Gasteiger partial charge in [0, 0.05) is 5.02 Å². The third-order valence-corrected chi connectivity index (χ3v) is 2.13. The Morgan fingerprint density at radius 1 is 1.58 bits per heavy atom. The standard InChI is InChI=1S/C9H9ClO2/c1-6-7(5-9(11)12)3-2-4-8(6)10/h2-4H,5H2,1H3,(H,11,12). The van der Waals surface area contributed by atoms with Gasteiger partial charge in [-0.3, -0.25) is 4.79 Å². The van der Waals surface area contributed by atoms with Gasteiger partial charge in [0.25, 0.3) is 0 Å². The molecular formula is C9H9ClO2. The molecule has 0 saturated carbocycles. The fourth-order valence-corrected chi connectivity index (χ4v) is 1.20. The van der Waals surface area contributed by atoms with E-state index in [4.69, 9.17) is 16.7 Å². The van der Waals surface area contributed by atoms with Crippen LogP contribution in [0, 0.1) is 6.92 Å². The molecule has 0 aliphatic rings. The molecule has 0 amide bonds. The Bertz CT molecular complexity index is 307. The first kappa shape index (κ1) is 9.07. The zero-order valence-electron chi connectivity index (χ0n) is 6.67. The van der Waals surface area contributed by atoms with E-state index in [0.717, 1.165) is 11.1 Å². The van der Waals surface area contributed by atoms with Gasteiger partial charge in [0.1, 0.15) is 0 Å². The highest BCUT2D eigenvalue weighted by atomic mass is 35.5. The minimum absolute atomic E-state index is 0.0341. The minimum Gasteiger partial charge on any atom is -0.481 e. The van der Waals surface area contributed by atoms with E-state index in [2.05, 4.69) is 0 Å². The van der Waals surface area contributed by atoms with Crippen molar-refractivity contribution < 1.29 is 9.90 Å². The fraction of sp³-hybridized carbons (Fsp3) is 0.222. The Hall–Kier alpha value is -1.02. The summed E-state index contributed by atoms with van der Waals surface area (Å²) < 4.78 is 0. The minimum atomic E-state index is -0.833. The zero-order chi connectivity index (χ0) is 9.14. The van der Waals surface area contributed by atoms with Crippen LogP contribution >= 0.6 is 11.6 Å². The summed E-state index contributed by atoms with van der Waals surface area (Å²) in [5.74, 6) is -0.833. The van der Waals surface area contributed by atoms with Crippen molar-refractivity contribution >= 4 is 17.6 Å². The van der Waals surface area contributed by atoms with Crippen molar-refractivity contribution in [3.63, 3.8) is 0 Å². The van der Waals surface area contributed by atoms with Crippen molar-refractivity contribution in [1.82, 2.24) is 0 Å². The van der Waals surface area contributed by atoms with Crippen LogP contribution < -0.4 is 0 Å². The molecule has 0 saturated heterocycles. The van der Waals surface area contributed by atoms with Crippen LogP contribution in [-0.4, -0.2) is 11.1 Å². The zero-order valence-corrected chi connectivity index (χ0v) is 7.43. The Labute approximate surface area is 75.8 Å². The second-order valence-corrected chi connectivity index (χ2v) is 3.00. The molecule has 64 valence electrons. The number of aliphatic carboxylic acids is 1. The summed E-state index contributed by atoms with van der Waals surface area (Å²) in [6, 6.07) is 5.28. The highest BCUT2D eigenvalue weighted by molar-refractivity contribution is 6.31. The molecule has 3 heteroatoms. The van der Waals surface area contributed by atoms with Crippen molar-refractivity contribution in [1.29, 1.82) is 0 Å². The Kier molecular flexibility index (Phi) is 2.71. The molecule has 0 fully saturated rings. The number of benzene rings is 1. The van der Waals surface area contributed by atoms with Gasteiger partial charge >= 0.3 is 5.97 Å². The molecule has 0 atom stereocenters. The van der Waals surface area contributed by atoms with Crippen LogP contribution in [0.25, 0.3) is 0 Å². The number of hydrogen-bond donors (Lipinski definition) is 1. The predicted octanol–water partition coefficient (Wildman–Crippen LogP) is 2.28. The third-order valence-electron chi connectivity index (χ3n) is 1.72.